The van der Waals surface area contributed by atoms with Crippen LogP contribution in [0.15, 0.2) is 18.2 Å². The van der Waals surface area contributed by atoms with Gasteiger partial charge in [0.15, 0.2) is 0 Å². The average Bonchev–Trinajstić information content (AvgIpc) is 2.85. The minimum atomic E-state index is 0.237. The highest BCUT2D eigenvalue weighted by molar-refractivity contribution is 5.35. The van der Waals surface area contributed by atoms with Gasteiger partial charge in [-0.2, -0.15) is 0 Å². The molecular formula is C15H24N2O. The van der Waals surface area contributed by atoms with Gasteiger partial charge in [0.05, 0.1) is 6.10 Å². The summed E-state index contributed by atoms with van der Waals surface area (Å²) in [6.07, 6.45) is 5.92. The topological polar surface area (TPSA) is 47.3 Å². The molecule has 0 saturated heterocycles. The monoisotopic (exact) mass is 248 g/mol. The van der Waals surface area contributed by atoms with Crippen molar-refractivity contribution in [1.29, 1.82) is 0 Å². The lowest BCUT2D eigenvalue weighted by molar-refractivity contribution is 0.100. The first kappa shape index (κ1) is 13.5. The zero-order valence-electron chi connectivity index (χ0n) is 11.4. The standard InChI is InChI=1S/C15H24N2O/c1-11(18-2)8-15(17-16)10-12-6-7-13-4-3-5-14(13)9-12/h6-7,9,11,15,17H,3-5,8,10,16H2,1-2H3. The summed E-state index contributed by atoms with van der Waals surface area (Å²) >= 11 is 0. The number of rotatable bonds is 6. The van der Waals surface area contributed by atoms with E-state index in [0.717, 1.165) is 12.8 Å². The number of benzene rings is 1. The van der Waals surface area contributed by atoms with Gasteiger partial charge in [0.1, 0.15) is 0 Å². The van der Waals surface area contributed by atoms with Crippen LogP contribution < -0.4 is 11.3 Å². The Hall–Kier alpha value is -0.900. The SMILES string of the molecule is COC(C)CC(Cc1ccc2c(c1)CCC2)NN. The fourth-order valence-electron chi connectivity index (χ4n) is 2.74. The Morgan fingerprint density at radius 2 is 2.11 bits per heavy atom. The maximum atomic E-state index is 5.63. The van der Waals surface area contributed by atoms with Gasteiger partial charge >= 0.3 is 0 Å². The second-order valence-corrected chi connectivity index (χ2v) is 5.31. The maximum absolute atomic E-state index is 5.63. The van der Waals surface area contributed by atoms with Crippen molar-refractivity contribution in [2.75, 3.05) is 7.11 Å². The maximum Gasteiger partial charge on any atom is 0.0558 e. The molecule has 3 N–H and O–H groups in total. The van der Waals surface area contributed by atoms with E-state index in [4.69, 9.17) is 10.6 Å². The summed E-state index contributed by atoms with van der Waals surface area (Å²) in [6, 6.07) is 7.15. The van der Waals surface area contributed by atoms with Crippen LogP contribution in [0.4, 0.5) is 0 Å². The third-order valence-corrected chi connectivity index (χ3v) is 3.90. The van der Waals surface area contributed by atoms with E-state index < -0.39 is 0 Å². The Labute approximate surface area is 110 Å². The Morgan fingerprint density at radius 3 is 2.83 bits per heavy atom. The largest absolute Gasteiger partial charge is 0.382 e. The van der Waals surface area contributed by atoms with Gasteiger partial charge in [0, 0.05) is 13.2 Å². The summed E-state index contributed by atoms with van der Waals surface area (Å²) in [7, 11) is 1.74. The number of nitrogens with one attached hydrogen (secondary N) is 1. The summed E-state index contributed by atoms with van der Waals surface area (Å²) in [5, 5.41) is 0. The molecule has 1 aromatic rings. The van der Waals surface area contributed by atoms with Crippen molar-refractivity contribution in [2.45, 2.75) is 51.2 Å². The molecule has 0 aromatic heterocycles. The molecule has 0 aliphatic heterocycles. The molecule has 0 spiro atoms. The van der Waals surface area contributed by atoms with E-state index in [1.165, 1.54) is 36.0 Å². The molecule has 1 aliphatic carbocycles. The molecule has 0 radical (unpaired) electrons. The average molecular weight is 248 g/mol. The number of nitrogens with two attached hydrogens (primary N) is 1. The van der Waals surface area contributed by atoms with Gasteiger partial charge in [-0.15, -0.1) is 0 Å². The van der Waals surface area contributed by atoms with E-state index in [-0.39, 0.29) is 12.1 Å². The highest BCUT2D eigenvalue weighted by Gasteiger charge is 2.15. The van der Waals surface area contributed by atoms with Gasteiger partial charge in [-0.05, 0) is 55.7 Å². The lowest BCUT2D eigenvalue weighted by atomic mass is 9.98. The second kappa shape index (κ2) is 6.32. The van der Waals surface area contributed by atoms with E-state index in [0.29, 0.717) is 0 Å². The Morgan fingerprint density at radius 1 is 1.33 bits per heavy atom. The van der Waals surface area contributed by atoms with Crippen LogP contribution in [0.25, 0.3) is 0 Å². The van der Waals surface area contributed by atoms with Crippen LogP contribution in [0, 0.1) is 0 Å². The first-order chi connectivity index (χ1) is 8.72. The van der Waals surface area contributed by atoms with Crippen molar-refractivity contribution in [3.05, 3.63) is 34.9 Å². The minimum Gasteiger partial charge on any atom is -0.382 e. The van der Waals surface area contributed by atoms with Crippen LogP contribution in [0.5, 0.6) is 0 Å². The molecular weight excluding hydrogens is 224 g/mol. The molecule has 0 fully saturated rings. The molecule has 1 aromatic carbocycles. The summed E-state index contributed by atoms with van der Waals surface area (Å²) in [4.78, 5) is 0. The van der Waals surface area contributed by atoms with E-state index in [1.807, 2.05) is 0 Å². The minimum absolute atomic E-state index is 0.237. The summed E-state index contributed by atoms with van der Waals surface area (Å²) in [5.74, 6) is 5.63. The van der Waals surface area contributed by atoms with Crippen LogP contribution in [-0.2, 0) is 24.0 Å². The van der Waals surface area contributed by atoms with Crippen LogP contribution >= 0.6 is 0 Å². The zero-order chi connectivity index (χ0) is 13.0. The Balaban J connectivity index is 1.98. The third kappa shape index (κ3) is 3.31. The number of ether oxygens (including phenoxy) is 1. The Bertz CT molecular complexity index is 392. The van der Waals surface area contributed by atoms with E-state index in [2.05, 4.69) is 30.5 Å². The van der Waals surface area contributed by atoms with Gasteiger partial charge in [-0.3, -0.25) is 11.3 Å². The molecule has 1 aliphatic rings. The summed E-state index contributed by atoms with van der Waals surface area (Å²) in [5.41, 5.74) is 7.34. The van der Waals surface area contributed by atoms with Crippen LogP contribution in [0.1, 0.15) is 36.5 Å². The lowest BCUT2D eigenvalue weighted by Gasteiger charge is -2.19. The van der Waals surface area contributed by atoms with Crippen molar-refractivity contribution < 1.29 is 4.74 Å². The van der Waals surface area contributed by atoms with Gasteiger partial charge < -0.3 is 4.74 Å². The first-order valence-corrected chi connectivity index (χ1v) is 6.82. The second-order valence-electron chi connectivity index (χ2n) is 5.31. The van der Waals surface area contributed by atoms with Crippen LogP contribution in [0.3, 0.4) is 0 Å². The van der Waals surface area contributed by atoms with Gasteiger partial charge in [0.2, 0.25) is 0 Å². The molecule has 3 nitrogen and oxygen atoms in total. The number of fused-ring (bicyclic) bond motifs is 1. The fourth-order valence-corrected chi connectivity index (χ4v) is 2.74. The van der Waals surface area contributed by atoms with Crippen molar-refractivity contribution >= 4 is 0 Å². The molecule has 18 heavy (non-hydrogen) atoms. The van der Waals surface area contributed by atoms with E-state index in [1.54, 1.807) is 7.11 Å². The van der Waals surface area contributed by atoms with Gasteiger partial charge in [-0.25, -0.2) is 0 Å². The molecule has 0 saturated carbocycles. The highest BCUT2D eigenvalue weighted by Crippen LogP contribution is 2.23. The highest BCUT2D eigenvalue weighted by atomic mass is 16.5. The normalized spacial score (nSPS) is 17.5. The predicted molar refractivity (Wildman–Crippen MR) is 74.4 cm³/mol. The molecule has 0 bridgehead atoms. The first-order valence-electron chi connectivity index (χ1n) is 6.82. The number of aryl methyl sites for hydroxylation is 2. The number of hydrogen-bond donors (Lipinski definition) is 2. The predicted octanol–water partition coefficient (Wildman–Crippen LogP) is 1.97. The van der Waals surface area contributed by atoms with Gasteiger partial charge in [-0.1, -0.05) is 18.2 Å². The lowest BCUT2D eigenvalue weighted by Crippen LogP contribution is -2.39. The van der Waals surface area contributed by atoms with Gasteiger partial charge in [0.25, 0.3) is 0 Å². The van der Waals surface area contributed by atoms with Crippen molar-refractivity contribution in [3.8, 4) is 0 Å². The zero-order valence-corrected chi connectivity index (χ0v) is 11.4. The molecule has 0 amide bonds. The van der Waals surface area contributed by atoms with E-state index >= 15 is 0 Å². The molecule has 3 heteroatoms. The van der Waals surface area contributed by atoms with Crippen molar-refractivity contribution in [2.24, 2.45) is 5.84 Å². The fraction of sp³-hybridized carbons (Fsp3) is 0.600. The smallest absolute Gasteiger partial charge is 0.0558 e. The molecule has 0 heterocycles. The molecule has 2 atom stereocenters. The molecule has 2 rings (SSSR count). The third-order valence-electron chi connectivity index (χ3n) is 3.90. The number of hydrogen-bond acceptors (Lipinski definition) is 3. The van der Waals surface area contributed by atoms with Crippen LogP contribution in [-0.4, -0.2) is 19.3 Å². The molecule has 2 unspecified atom stereocenters. The molecule has 100 valence electrons. The Kier molecular flexibility index (Phi) is 4.75. The summed E-state index contributed by atoms with van der Waals surface area (Å²) < 4.78 is 5.30. The van der Waals surface area contributed by atoms with Crippen molar-refractivity contribution in [3.63, 3.8) is 0 Å². The quantitative estimate of drug-likeness (QED) is 0.598. The van der Waals surface area contributed by atoms with Crippen molar-refractivity contribution in [1.82, 2.24) is 5.43 Å². The summed E-state index contributed by atoms with van der Waals surface area (Å²) in [6.45, 7) is 2.08. The number of hydrazine groups is 1. The van der Waals surface area contributed by atoms with Crippen LogP contribution in [0.2, 0.25) is 0 Å². The van der Waals surface area contributed by atoms with E-state index in [9.17, 15) is 0 Å². The number of methoxy groups -OCH3 is 1.